The smallest absolute Gasteiger partial charge is 0.226 e. The molecular weight excluding hydrogens is 248 g/mol. The van der Waals surface area contributed by atoms with E-state index in [1.54, 1.807) is 0 Å². The highest BCUT2D eigenvalue weighted by molar-refractivity contribution is 5.91. The van der Waals surface area contributed by atoms with E-state index in [1.807, 2.05) is 43.3 Å². The van der Waals surface area contributed by atoms with Crippen molar-refractivity contribution in [2.45, 2.75) is 20.3 Å². The van der Waals surface area contributed by atoms with E-state index in [2.05, 4.69) is 29.7 Å². The van der Waals surface area contributed by atoms with E-state index in [1.165, 1.54) is 5.56 Å². The highest BCUT2D eigenvalue weighted by Crippen LogP contribution is 2.11. The van der Waals surface area contributed by atoms with Crippen LogP contribution in [0.25, 0.3) is 0 Å². The topological polar surface area (TPSA) is 41.1 Å². The summed E-state index contributed by atoms with van der Waals surface area (Å²) in [5.74, 6) is 0.0233. The highest BCUT2D eigenvalue weighted by Gasteiger charge is 2.02. The van der Waals surface area contributed by atoms with Gasteiger partial charge in [-0.15, -0.1) is 0 Å². The molecule has 20 heavy (non-hydrogen) atoms. The zero-order chi connectivity index (χ0) is 14.4. The SMILES string of the molecule is Cc1ccc(NCCC(=O)Nc2cccc(C)c2)cc1. The maximum atomic E-state index is 11.8. The van der Waals surface area contributed by atoms with Crippen molar-refractivity contribution in [1.82, 2.24) is 0 Å². The minimum atomic E-state index is 0.0233. The van der Waals surface area contributed by atoms with Crippen molar-refractivity contribution in [1.29, 1.82) is 0 Å². The van der Waals surface area contributed by atoms with Gasteiger partial charge >= 0.3 is 0 Å². The Hall–Kier alpha value is -2.29. The molecule has 0 unspecified atom stereocenters. The Balaban J connectivity index is 1.76. The second kappa shape index (κ2) is 6.75. The largest absolute Gasteiger partial charge is 0.385 e. The van der Waals surface area contributed by atoms with Gasteiger partial charge < -0.3 is 10.6 Å². The summed E-state index contributed by atoms with van der Waals surface area (Å²) in [4.78, 5) is 11.8. The molecular formula is C17H20N2O. The lowest BCUT2D eigenvalue weighted by atomic mass is 10.2. The van der Waals surface area contributed by atoms with Crippen molar-refractivity contribution in [2.75, 3.05) is 17.2 Å². The fraction of sp³-hybridized carbons (Fsp3) is 0.235. The van der Waals surface area contributed by atoms with Crippen LogP contribution in [0, 0.1) is 13.8 Å². The van der Waals surface area contributed by atoms with Gasteiger partial charge in [-0.2, -0.15) is 0 Å². The van der Waals surface area contributed by atoms with Crippen LogP contribution < -0.4 is 10.6 Å². The van der Waals surface area contributed by atoms with E-state index >= 15 is 0 Å². The van der Waals surface area contributed by atoms with E-state index < -0.39 is 0 Å². The number of aryl methyl sites for hydroxylation is 2. The molecule has 0 radical (unpaired) electrons. The van der Waals surface area contributed by atoms with Gasteiger partial charge in [-0.05, 0) is 43.7 Å². The summed E-state index contributed by atoms with van der Waals surface area (Å²) in [5, 5.41) is 6.14. The Kier molecular flexibility index (Phi) is 4.77. The first-order valence-corrected chi connectivity index (χ1v) is 6.80. The average Bonchev–Trinajstić information content (AvgIpc) is 2.41. The van der Waals surface area contributed by atoms with E-state index in [0.29, 0.717) is 13.0 Å². The number of benzene rings is 2. The Bertz CT molecular complexity index is 576. The average molecular weight is 268 g/mol. The monoisotopic (exact) mass is 268 g/mol. The van der Waals surface area contributed by atoms with Crippen molar-refractivity contribution in [3.8, 4) is 0 Å². The van der Waals surface area contributed by atoms with Gasteiger partial charge in [0, 0.05) is 24.3 Å². The maximum absolute atomic E-state index is 11.8. The number of nitrogens with one attached hydrogen (secondary N) is 2. The minimum Gasteiger partial charge on any atom is -0.385 e. The zero-order valence-electron chi connectivity index (χ0n) is 11.9. The van der Waals surface area contributed by atoms with Crippen molar-refractivity contribution in [3.63, 3.8) is 0 Å². The van der Waals surface area contributed by atoms with Gasteiger partial charge in [0.2, 0.25) is 5.91 Å². The molecule has 1 amide bonds. The Morgan fingerprint density at radius 1 is 0.950 bits per heavy atom. The number of carbonyl (C=O) groups is 1. The molecule has 0 aliphatic rings. The molecule has 0 aromatic heterocycles. The minimum absolute atomic E-state index is 0.0233. The molecule has 0 saturated heterocycles. The first kappa shape index (κ1) is 14.1. The van der Waals surface area contributed by atoms with Crippen LogP contribution in [-0.4, -0.2) is 12.5 Å². The van der Waals surface area contributed by atoms with Gasteiger partial charge in [-0.1, -0.05) is 29.8 Å². The number of anilines is 2. The second-order valence-electron chi connectivity index (χ2n) is 4.96. The molecule has 0 spiro atoms. The molecule has 2 N–H and O–H groups in total. The lowest BCUT2D eigenvalue weighted by Gasteiger charge is -2.08. The van der Waals surface area contributed by atoms with Gasteiger partial charge in [0.15, 0.2) is 0 Å². The molecule has 0 saturated carbocycles. The fourth-order valence-corrected chi connectivity index (χ4v) is 1.94. The predicted molar refractivity (Wildman–Crippen MR) is 84.1 cm³/mol. The third-order valence-electron chi connectivity index (χ3n) is 3.03. The molecule has 0 aliphatic carbocycles. The molecule has 3 heteroatoms. The summed E-state index contributed by atoms with van der Waals surface area (Å²) in [6.45, 7) is 4.69. The van der Waals surface area contributed by atoms with Gasteiger partial charge in [-0.3, -0.25) is 4.79 Å². The van der Waals surface area contributed by atoms with Crippen LogP contribution in [0.5, 0.6) is 0 Å². The number of hydrogen-bond acceptors (Lipinski definition) is 2. The summed E-state index contributed by atoms with van der Waals surface area (Å²) >= 11 is 0. The van der Waals surface area contributed by atoms with E-state index in [-0.39, 0.29) is 5.91 Å². The van der Waals surface area contributed by atoms with E-state index in [9.17, 15) is 4.79 Å². The highest BCUT2D eigenvalue weighted by atomic mass is 16.1. The van der Waals surface area contributed by atoms with E-state index in [0.717, 1.165) is 16.9 Å². The second-order valence-corrected chi connectivity index (χ2v) is 4.96. The third kappa shape index (κ3) is 4.43. The van der Waals surface area contributed by atoms with Gasteiger partial charge in [-0.25, -0.2) is 0 Å². The number of carbonyl (C=O) groups excluding carboxylic acids is 1. The fourth-order valence-electron chi connectivity index (χ4n) is 1.94. The predicted octanol–water partition coefficient (Wildman–Crippen LogP) is 3.74. The van der Waals surface area contributed by atoms with Crippen LogP contribution in [0.15, 0.2) is 48.5 Å². The van der Waals surface area contributed by atoms with Crippen molar-refractivity contribution >= 4 is 17.3 Å². The van der Waals surface area contributed by atoms with Crippen LogP contribution in [0.3, 0.4) is 0 Å². The molecule has 0 bridgehead atoms. The Morgan fingerprint density at radius 3 is 2.40 bits per heavy atom. The zero-order valence-corrected chi connectivity index (χ0v) is 11.9. The standard InChI is InChI=1S/C17H20N2O/c1-13-6-8-15(9-7-13)18-11-10-17(20)19-16-5-3-4-14(2)12-16/h3-9,12,18H,10-11H2,1-2H3,(H,19,20). The van der Waals surface area contributed by atoms with Crippen LogP contribution in [0.4, 0.5) is 11.4 Å². The van der Waals surface area contributed by atoms with Crippen LogP contribution in [0.1, 0.15) is 17.5 Å². The van der Waals surface area contributed by atoms with Gasteiger partial charge in [0.25, 0.3) is 0 Å². The molecule has 104 valence electrons. The summed E-state index contributed by atoms with van der Waals surface area (Å²) in [7, 11) is 0. The summed E-state index contributed by atoms with van der Waals surface area (Å²) in [6, 6.07) is 16.0. The van der Waals surface area contributed by atoms with Gasteiger partial charge in [0.05, 0.1) is 0 Å². The summed E-state index contributed by atoms with van der Waals surface area (Å²) in [5.41, 5.74) is 4.26. The van der Waals surface area contributed by atoms with Crippen LogP contribution >= 0.6 is 0 Å². The first-order valence-electron chi connectivity index (χ1n) is 6.80. The molecule has 0 atom stereocenters. The van der Waals surface area contributed by atoms with Crippen LogP contribution in [-0.2, 0) is 4.79 Å². The molecule has 0 fully saturated rings. The van der Waals surface area contributed by atoms with Crippen molar-refractivity contribution in [3.05, 3.63) is 59.7 Å². The maximum Gasteiger partial charge on any atom is 0.226 e. The third-order valence-corrected chi connectivity index (χ3v) is 3.03. The molecule has 3 nitrogen and oxygen atoms in total. The van der Waals surface area contributed by atoms with Crippen LogP contribution in [0.2, 0.25) is 0 Å². The number of rotatable bonds is 5. The van der Waals surface area contributed by atoms with Gasteiger partial charge in [0.1, 0.15) is 0 Å². The number of amides is 1. The number of hydrogen-bond donors (Lipinski definition) is 2. The normalized spacial score (nSPS) is 10.1. The Labute approximate surface area is 120 Å². The lowest BCUT2D eigenvalue weighted by Crippen LogP contribution is -2.16. The lowest BCUT2D eigenvalue weighted by molar-refractivity contribution is -0.115. The molecule has 0 aliphatic heterocycles. The molecule has 2 aromatic rings. The molecule has 2 rings (SSSR count). The quantitative estimate of drug-likeness (QED) is 0.867. The summed E-state index contributed by atoms with van der Waals surface area (Å²) in [6.07, 6.45) is 0.446. The molecule has 2 aromatic carbocycles. The van der Waals surface area contributed by atoms with Crippen molar-refractivity contribution in [2.24, 2.45) is 0 Å². The Morgan fingerprint density at radius 2 is 1.70 bits per heavy atom. The van der Waals surface area contributed by atoms with E-state index in [4.69, 9.17) is 0 Å². The molecule has 0 heterocycles. The summed E-state index contributed by atoms with van der Waals surface area (Å²) < 4.78 is 0. The van der Waals surface area contributed by atoms with Crippen molar-refractivity contribution < 1.29 is 4.79 Å². The first-order chi connectivity index (χ1) is 9.63.